The van der Waals surface area contributed by atoms with Crippen molar-refractivity contribution in [2.75, 3.05) is 0 Å². The Morgan fingerprint density at radius 2 is 0.917 bits per heavy atom. The SMILES string of the molecule is CC1CC2C(c3ccc(C(C)(C)C)cc3)=CC=CC2C1[Si](C)(C)C1C(C)CC2C(c3ccc(C(C)(C)C)cc3)=CC=CC21.[CH3-].[CH3-].[Cl][Zr+2][Cl]. The molecule has 2 aromatic carbocycles. The first-order valence-electron chi connectivity index (χ1n) is 17.5. The van der Waals surface area contributed by atoms with E-state index < -0.39 is 28.9 Å². The minimum absolute atomic E-state index is 0. The molecule has 0 aromatic heterocycles. The number of hydrogen-bond acceptors (Lipinski definition) is 0. The van der Waals surface area contributed by atoms with Crippen LogP contribution < -0.4 is 0 Å². The molecule has 0 N–H and O–H groups in total. The van der Waals surface area contributed by atoms with Crippen molar-refractivity contribution in [3.8, 4) is 0 Å². The predicted molar refractivity (Wildman–Crippen MR) is 216 cm³/mol. The number of fused-ring (bicyclic) bond motifs is 2. The molecular formula is C44H62Cl2SiZr. The maximum atomic E-state index is 4.93. The van der Waals surface area contributed by atoms with Crippen LogP contribution in [-0.2, 0) is 31.7 Å². The van der Waals surface area contributed by atoms with Crippen LogP contribution in [0.4, 0.5) is 0 Å². The molecule has 2 aromatic rings. The van der Waals surface area contributed by atoms with Gasteiger partial charge in [0.15, 0.2) is 0 Å². The third-order valence-electron chi connectivity index (χ3n) is 12.1. The number of rotatable bonds is 4. The molecule has 0 heterocycles. The van der Waals surface area contributed by atoms with Crippen LogP contribution in [0.25, 0.3) is 11.1 Å². The summed E-state index contributed by atoms with van der Waals surface area (Å²) in [5, 5.41) is 0. The summed E-state index contributed by atoms with van der Waals surface area (Å²) < 4.78 is 0. The van der Waals surface area contributed by atoms with E-state index in [0.717, 1.165) is 22.9 Å². The van der Waals surface area contributed by atoms with Gasteiger partial charge in [-0.25, -0.2) is 0 Å². The summed E-state index contributed by atoms with van der Waals surface area (Å²) >= 11 is -0.826. The Kier molecular flexibility index (Phi) is 14.0. The number of halogens is 2. The van der Waals surface area contributed by atoms with Crippen LogP contribution in [0.5, 0.6) is 0 Å². The van der Waals surface area contributed by atoms with Gasteiger partial charge >= 0.3 is 37.9 Å². The molecule has 4 aliphatic rings. The van der Waals surface area contributed by atoms with Crippen LogP contribution in [-0.4, -0.2) is 8.07 Å². The second-order valence-electron chi connectivity index (χ2n) is 17.4. The maximum absolute atomic E-state index is 4.93. The van der Waals surface area contributed by atoms with Crippen molar-refractivity contribution in [1.29, 1.82) is 0 Å². The molecule has 8 atom stereocenters. The van der Waals surface area contributed by atoms with E-state index in [9.17, 15) is 0 Å². The van der Waals surface area contributed by atoms with Gasteiger partial charge < -0.3 is 14.9 Å². The van der Waals surface area contributed by atoms with Gasteiger partial charge in [0.25, 0.3) is 0 Å². The first kappa shape index (κ1) is 41.5. The molecule has 0 bridgehead atoms. The average Bonchev–Trinajstić information content (AvgIpc) is 3.53. The van der Waals surface area contributed by atoms with Gasteiger partial charge in [-0.3, -0.25) is 0 Å². The molecule has 4 aliphatic carbocycles. The summed E-state index contributed by atoms with van der Waals surface area (Å²) in [5.74, 6) is 4.22. The van der Waals surface area contributed by atoms with Crippen LogP contribution >= 0.6 is 17.0 Å². The molecule has 4 heteroatoms. The summed E-state index contributed by atoms with van der Waals surface area (Å²) in [5.41, 5.74) is 10.9. The topological polar surface area (TPSA) is 0 Å². The summed E-state index contributed by atoms with van der Waals surface area (Å²) in [6.45, 7) is 24.7. The van der Waals surface area contributed by atoms with E-state index in [1.165, 1.54) is 35.1 Å². The molecule has 8 unspecified atom stereocenters. The molecule has 260 valence electrons. The molecule has 2 saturated carbocycles. The van der Waals surface area contributed by atoms with E-state index in [4.69, 9.17) is 17.0 Å². The molecule has 0 radical (unpaired) electrons. The molecule has 0 aliphatic heterocycles. The van der Waals surface area contributed by atoms with Gasteiger partial charge in [0, 0.05) is 0 Å². The fourth-order valence-electron chi connectivity index (χ4n) is 10.3. The number of hydrogen-bond donors (Lipinski definition) is 0. The van der Waals surface area contributed by atoms with Crippen molar-refractivity contribution in [3.05, 3.63) is 122 Å². The normalized spacial score (nSPS) is 29.2. The van der Waals surface area contributed by atoms with Gasteiger partial charge in [0.05, 0.1) is 8.07 Å². The van der Waals surface area contributed by atoms with E-state index in [0.29, 0.717) is 23.7 Å². The van der Waals surface area contributed by atoms with Crippen LogP contribution in [0.15, 0.2) is 85.0 Å². The van der Waals surface area contributed by atoms with Crippen molar-refractivity contribution in [2.45, 2.75) is 103 Å². The van der Waals surface area contributed by atoms with Crippen LogP contribution in [0, 0.1) is 50.4 Å². The van der Waals surface area contributed by atoms with Gasteiger partial charge in [-0.1, -0.05) is 153 Å². The molecule has 0 spiro atoms. The summed E-state index contributed by atoms with van der Waals surface area (Å²) in [6.07, 6.45) is 17.6. The number of benzene rings is 2. The quantitative estimate of drug-likeness (QED) is 0.214. The molecular weight excluding hydrogens is 719 g/mol. The van der Waals surface area contributed by atoms with Crippen molar-refractivity contribution in [3.63, 3.8) is 0 Å². The fraction of sp³-hybridized carbons (Fsp3) is 0.500. The summed E-state index contributed by atoms with van der Waals surface area (Å²) in [7, 11) is 8.20. The molecule has 48 heavy (non-hydrogen) atoms. The Balaban J connectivity index is 0.00000121. The first-order chi connectivity index (χ1) is 21.6. The van der Waals surface area contributed by atoms with E-state index >= 15 is 0 Å². The Labute approximate surface area is 315 Å². The van der Waals surface area contributed by atoms with Crippen molar-refractivity contribution in [1.82, 2.24) is 0 Å². The molecule has 0 nitrogen and oxygen atoms in total. The van der Waals surface area contributed by atoms with Crippen molar-refractivity contribution >= 4 is 36.2 Å². The monoisotopic (exact) mass is 778 g/mol. The standard InChI is InChI=1S/C42H56Si.2CH3.2ClH.Zr/c1-27-25-37-33(29-17-21-31(22-18-29)41(3,4)5)13-11-15-35(37)39(27)43(9,10)40-28(2)26-38-34(14-12-16-36(38)40)30-19-23-32(24-20-30)42(6,7)8;;;;;/h11-24,27-28,35-40H,25-26H2,1-10H3;2*1H3;2*1H;/q;2*-1;;;+4/p-2. The second-order valence-corrected chi connectivity index (χ2v) is 26.1. The van der Waals surface area contributed by atoms with E-state index in [-0.39, 0.29) is 25.7 Å². The Morgan fingerprint density at radius 3 is 1.21 bits per heavy atom. The Hall–Kier alpha value is -0.920. The van der Waals surface area contributed by atoms with E-state index in [1.54, 1.807) is 11.1 Å². The van der Waals surface area contributed by atoms with Gasteiger partial charge in [-0.2, -0.15) is 0 Å². The van der Waals surface area contributed by atoms with Gasteiger partial charge in [-0.15, -0.1) is 0 Å². The van der Waals surface area contributed by atoms with E-state index in [2.05, 4.69) is 153 Å². The summed E-state index contributed by atoms with van der Waals surface area (Å²) in [4.78, 5) is 0. The third kappa shape index (κ3) is 8.24. The minimum atomic E-state index is -1.67. The van der Waals surface area contributed by atoms with E-state index in [1.807, 2.05) is 0 Å². The Morgan fingerprint density at radius 1 is 0.604 bits per heavy atom. The van der Waals surface area contributed by atoms with Crippen LogP contribution in [0.3, 0.4) is 0 Å². The molecule has 0 amide bonds. The first-order valence-corrected chi connectivity index (χ1v) is 27.0. The summed E-state index contributed by atoms with van der Waals surface area (Å²) in [6, 6.07) is 19.1. The van der Waals surface area contributed by atoms with Crippen LogP contribution in [0.2, 0.25) is 24.2 Å². The average molecular weight is 781 g/mol. The zero-order valence-corrected chi connectivity index (χ0v) is 36.8. The molecule has 2 fully saturated rings. The second kappa shape index (κ2) is 16.2. The Bertz CT molecular complexity index is 1370. The molecule has 6 rings (SSSR count). The molecule has 0 saturated heterocycles. The van der Waals surface area contributed by atoms with Gasteiger partial charge in [-0.05, 0) is 104 Å². The third-order valence-corrected chi connectivity index (χ3v) is 17.5. The van der Waals surface area contributed by atoms with Crippen LogP contribution in [0.1, 0.15) is 90.5 Å². The zero-order valence-electron chi connectivity index (χ0n) is 31.9. The number of allylic oxidation sites excluding steroid dienone is 8. The predicted octanol–water partition coefficient (Wildman–Crippen LogP) is 14.2. The van der Waals surface area contributed by atoms with Gasteiger partial charge in [0.1, 0.15) is 0 Å². The zero-order chi connectivity index (χ0) is 33.6. The van der Waals surface area contributed by atoms with Crippen molar-refractivity contribution in [2.24, 2.45) is 35.5 Å². The van der Waals surface area contributed by atoms with Crippen molar-refractivity contribution < 1.29 is 20.8 Å². The van der Waals surface area contributed by atoms with Gasteiger partial charge in [0.2, 0.25) is 0 Å². The fourth-order valence-corrected chi connectivity index (χ4v) is 16.6.